The Morgan fingerprint density at radius 3 is 2.41 bits per heavy atom. The molecule has 0 atom stereocenters. The molecule has 0 spiro atoms. The quantitative estimate of drug-likeness (QED) is 0.450. The van der Waals surface area contributed by atoms with Crippen molar-refractivity contribution in [1.29, 1.82) is 0 Å². The molecule has 1 aromatic rings. The number of nitrogens with zero attached hydrogens (tertiary/aromatic N) is 2. The van der Waals surface area contributed by atoms with Crippen molar-refractivity contribution in [2.24, 2.45) is 0 Å². The summed E-state index contributed by atoms with van der Waals surface area (Å²) in [7, 11) is 0. The first kappa shape index (κ1) is 20.8. The van der Waals surface area contributed by atoms with E-state index < -0.39 is 4.92 Å². The molecular formula is C21H28N4O4. The van der Waals surface area contributed by atoms with Gasteiger partial charge < -0.3 is 15.5 Å². The second-order valence-corrected chi connectivity index (χ2v) is 7.74. The average molecular weight is 400 g/mol. The van der Waals surface area contributed by atoms with Crippen molar-refractivity contribution in [3.05, 3.63) is 46.0 Å². The van der Waals surface area contributed by atoms with Crippen LogP contribution in [0.1, 0.15) is 50.5 Å². The van der Waals surface area contributed by atoms with Crippen LogP contribution in [0.15, 0.2) is 30.3 Å². The van der Waals surface area contributed by atoms with Crippen LogP contribution in [0.5, 0.6) is 0 Å². The van der Waals surface area contributed by atoms with E-state index in [0.29, 0.717) is 37.5 Å². The predicted molar refractivity (Wildman–Crippen MR) is 110 cm³/mol. The number of hydrogen-bond donors (Lipinski definition) is 2. The summed E-state index contributed by atoms with van der Waals surface area (Å²) in [6.07, 6.45) is 10.1. The Hall–Kier alpha value is -2.90. The number of rotatable bonds is 5. The van der Waals surface area contributed by atoms with Gasteiger partial charge >= 0.3 is 6.03 Å². The minimum Gasteiger partial charge on any atom is -0.350 e. The van der Waals surface area contributed by atoms with Crippen LogP contribution >= 0.6 is 0 Å². The third kappa shape index (κ3) is 6.30. The number of carbonyl (C=O) groups is 2. The Labute approximate surface area is 170 Å². The summed E-state index contributed by atoms with van der Waals surface area (Å²) in [5, 5.41) is 16.9. The zero-order valence-electron chi connectivity index (χ0n) is 16.5. The van der Waals surface area contributed by atoms with Gasteiger partial charge in [0.1, 0.15) is 0 Å². The number of nitro benzene ring substituents is 1. The van der Waals surface area contributed by atoms with Crippen molar-refractivity contribution in [1.82, 2.24) is 15.5 Å². The van der Waals surface area contributed by atoms with Crippen LogP contribution in [0, 0.1) is 10.1 Å². The normalized spacial score (nSPS) is 18.6. The molecule has 156 valence electrons. The highest BCUT2D eigenvalue weighted by Crippen LogP contribution is 2.18. The van der Waals surface area contributed by atoms with Gasteiger partial charge in [0.25, 0.3) is 5.69 Å². The van der Waals surface area contributed by atoms with Gasteiger partial charge in [0.15, 0.2) is 0 Å². The largest absolute Gasteiger partial charge is 0.350 e. The summed E-state index contributed by atoms with van der Waals surface area (Å²) in [5.74, 6) is -0.235. The SMILES string of the molecule is O=C(/C=C/c1cccc([N+](=O)[O-])c1)NC1CCN(C(=O)NC2CCCCC2)CC1. The smallest absolute Gasteiger partial charge is 0.317 e. The molecule has 1 aliphatic carbocycles. The highest BCUT2D eigenvalue weighted by atomic mass is 16.6. The minimum absolute atomic E-state index is 0.00671. The number of nitro groups is 1. The van der Waals surface area contributed by atoms with E-state index in [1.54, 1.807) is 18.2 Å². The van der Waals surface area contributed by atoms with Gasteiger partial charge in [-0.2, -0.15) is 0 Å². The molecular weight excluding hydrogens is 372 g/mol. The first-order valence-corrected chi connectivity index (χ1v) is 10.3. The number of piperidine rings is 1. The molecule has 8 nitrogen and oxygen atoms in total. The lowest BCUT2D eigenvalue weighted by atomic mass is 9.95. The number of urea groups is 1. The third-order valence-corrected chi connectivity index (χ3v) is 5.57. The van der Waals surface area contributed by atoms with Crippen LogP contribution < -0.4 is 10.6 Å². The van der Waals surface area contributed by atoms with Crippen LogP contribution in [0.25, 0.3) is 6.08 Å². The lowest BCUT2D eigenvalue weighted by molar-refractivity contribution is -0.384. The monoisotopic (exact) mass is 400 g/mol. The Morgan fingerprint density at radius 1 is 1.03 bits per heavy atom. The van der Waals surface area contributed by atoms with E-state index in [4.69, 9.17) is 0 Å². The number of carbonyl (C=O) groups excluding carboxylic acids is 2. The second-order valence-electron chi connectivity index (χ2n) is 7.74. The molecule has 1 aromatic carbocycles. The Balaban J connectivity index is 1.41. The zero-order chi connectivity index (χ0) is 20.6. The Bertz CT molecular complexity index is 766. The van der Waals surface area contributed by atoms with Gasteiger partial charge in [0, 0.05) is 43.4 Å². The minimum atomic E-state index is -0.463. The summed E-state index contributed by atoms with van der Waals surface area (Å²) in [6, 6.07) is 6.46. The summed E-state index contributed by atoms with van der Waals surface area (Å²) in [5.41, 5.74) is 0.593. The molecule has 1 heterocycles. The first-order chi connectivity index (χ1) is 14.0. The van der Waals surface area contributed by atoms with E-state index in [9.17, 15) is 19.7 Å². The molecule has 0 unspecified atom stereocenters. The highest BCUT2D eigenvalue weighted by molar-refractivity contribution is 5.92. The summed E-state index contributed by atoms with van der Waals surface area (Å²) >= 11 is 0. The average Bonchev–Trinajstić information content (AvgIpc) is 2.73. The lowest BCUT2D eigenvalue weighted by Gasteiger charge is -2.34. The fourth-order valence-corrected chi connectivity index (χ4v) is 3.90. The highest BCUT2D eigenvalue weighted by Gasteiger charge is 2.25. The van der Waals surface area contributed by atoms with Crippen LogP contribution in [0.4, 0.5) is 10.5 Å². The van der Waals surface area contributed by atoms with Crippen molar-refractivity contribution in [3.63, 3.8) is 0 Å². The van der Waals surface area contributed by atoms with E-state index >= 15 is 0 Å². The van der Waals surface area contributed by atoms with Crippen LogP contribution in [0.3, 0.4) is 0 Å². The molecule has 0 radical (unpaired) electrons. The Morgan fingerprint density at radius 2 is 1.72 bits per heavy atom. The number of benzene rings is 1. The number of non-ortho nitro benzene ring substituents is 1. The molecule has 1 saturated carbocycles. The van der Waals surface area contributed by atoms with Gasteiger partial charge in [-0.15, -0.1) is 0 Å². The molecule has 3 amide bonds. The van der Waals surface area contributed by atoms with Gasteiger partial charge in [0.05, 0.1) is 4.92 Å². The maximum Gasteiger partial charge on any atom is 0.317 e. The van der Waals surface area contributed by atoms with Crippen LogP contribution in [-0.4, -0.2) is 46.9 Å². The van der Waals surface area contributed by atoms with E-state index in [0.717, 1.165) is 12.8 Å². The molecule has 2 aliphatic rings. The van der Waals surface area contributed by atoms with E-state index in [2.05, 4.69) is 10.6 Å². The van der Waals surface area contributed by atoms with Gasteiger partial charge in [-0.3, -0.25) is 14.9 Å². The van der Waals surface area contributed by atoms with E-state index in [-0.39, 0.29) is 23.7 Å². The van der Waals surface area contributed by atoms with Crippen molar-refractivity contribution in [2.75, 3.05) is 13.1 Å². The van der Waals surface area contributed by atoms with Crippen LogP contribution in [0.2, 0.25) is 0 Å². The molecule has 0 aromatic heterocycles. The standard InChI is InChI=1S/C21H28N4O4/c26-20(10-9-16-5-4-8-19(15-16)25(28)29)22-18-11-13-24(14-12-18)21(27)23-17-6-2-1-3-7-17/h4-5,8-10,15,17-18H,1-3,6-7,11-14H2,(H,22,26)(H,23,27)/b10-9+. The summed E-state index contributed by atoms with van der Waals surface area (Å²) < 4.78 is 0. The molecule has 29 heavy (non-hydrogen) atoms. The molecule has 1 aliphatic heterocycles. The van der Waals surface area contributed by atoms with Gasteiger partial charge in [-0.1, -0.05) is 31.4 Å². The summed E-state index contributed by atoms with van der Waals surface area (Å²) in [4.78, 5) is 36.7. The maximum absolute atomic E-state index is 12.4. The van der Waals surface area contributed by atoms with E-state index in [1.807, 2.05) is 4.90 Å². The number of hydrogen-bond acceptors (Lipinski definition) is 4. The van der Waals surface area contributed by atoms with E-state index in [1.165, 1.54) is 37.5 Å². The zero-order valence-corrected chi connectivity index (χ0v) is 16.5. The topological polar surface area (TPSA) is 105 Å². The lowest BCUT2D eigenvalue weighted by Crippen LogP contribution is -2.51. The van der Waals surface area contributed by atoms with Gasteiger partial charge in [-0.25, -0.2) is 4.79 Å². The third-order valence-electron chi connectivity index (χ3n) is 5.57. The summed E-state index contributed by atoms with van der Waals surface area (Å²) in [6.45, 7) is 1.25. The van der Waals surface area contributed by atoms with Gasteiger partial charge in [-0.05, 0) is 37.3 Å². The van der Waals surface area contributed by atoms with Gasteiger partial charge in [0.2, 0.25) is 5.91 Å². The maximum atomic E-state index is 12.4. The molecule has 1 saturated heterocycles. The molecule has 0 bridgehead atoms. The number of likely N-dealkylation sites (tertiary alicyclic amines) is 1. The molecule has 2 N–H and O–H groups in total. The van der Waals surface area contributed by atoms with Crippen LogP contribution in [-0.2, 0) is 4.79 Å². The fraction of sp³-hybridized carbons (Fsp3) is 0.524. The van der Waals surface area contributed by atoms with Crippen molar-refractivity contribution < 1.29 is 14.5 Å². The fourth-order valence-electron chi connectivity index (χ4n) is 3.90. The Kier molecular flexibility index (Phi) is 7.21. The number of nitrogens with one attached hydrogen (secondary N) is 2. The predicted octanol–water partition coefficient (Wildman–Crippen LogP) is 3.23. The number of amides is 3. The first-order valence-electron chi connectivity index (χ1n) is 10.3. The molecule has 8 heteroatoms. The van der Waals surface area contributed by atoms with Crippen molar-refractivity contribution in [2.45, 2.75) is 57.0 Å². The van der Waals surface area contributed by atoms with Crippen molar-refractivity contribution >= 4 is 23.7 Å². The molecule has 2 fully saturated rings. The molecule has 3 rings (SSSR count). The second kappa shape index (κ2) is 10.0. The van der Waals surface area contributed by atoms with Crippen molar-refractivity contribution in [3.8, 4) is 0 Å².